The van der Waals surface area contributed by atoms with Crippen molar-refractivity contribution in [3.05, 3.63) is 52.8 Å². The minimum Gasteiger partial charge on any atom is -0.465 e. The largest absolute Gasteiger partial charge is 0.465 e. The van der Waals surface area contributed by atoms with Crippen molar-refractivity contribution in [2.24, 2.45) is 5.92 Å². The topological polar surface area (TPSA) is 110 Å². The Hall–Kier alpha value is -3.07. The second-order valence-electron chi connectivity index (χ2n) is 8.46. The van der Waals surface area contributed by atoms with Gasteiger partial charge in [0.25, 0.3) is 0 Å². The Bertz CT molecular complexity index is 1170. The third kappa shape index (κ3) is 4.04. The van der Waals surface area contributed by atoms with Gasteiger partial charge < -0.3 is 25.6 Å². The molecule has 8 nitrogen and oxygen atoms in total. The van der Waals surface area contributed by atoms with Crippen molar-refractivity contribution >= 4 is 50.3 Å². The molecule has 166 valence electrons. The average molecular weight is 498 g/mol. The van der Waals surface area contributed by atoms with E-state index < -0.39 is 6.09 Å². The predicted molar refractivity (Wildman–Crippen MR) is 126 cm³/mol. The normalized spacial score (nSPS) is 22.5. The van der Waals surface area contributed by atoms with E-state index in [1.807, 2.05) is 18.2 Å². The molecule has 3 aromatic rings. The summed E-state index contributed by atoms with van der Waals surface area (Å²) in [6.45, 7) is 1.36. The number of aromatic nitrogens is 2. The van der Waals surface area contributed by atoms with Crippen molar-refractivity contribution in [1.82, 2.24) is 15.3 Å². The number of nitrogens with zero attached hydrogens (tertiary/aromatic N) is 2. The van der Waals surface area contributed by atoms with Gasteiger partial charge in [0, 0.05) is 37.4 Å². The minimum atomic E-state index is -1.01. The summed E-state index contributed by atoms with van der Waals surface area (Å²) in [6.07, 6.45) is 5.02. The zero-order valence-electron chi connectivity index (χ0n) is 17.3. The van der Waals surface area contributed by atoms with Gasteiger partial charge in [-0.1, -0.05) is 30.3 Å². The maximum atomic E-state index is 13.0. The molecule has 1 aliphatic heterocycles. The van der Waals surface area contributed by atoms with Crippen molar-refractivity contribution in [1.29, 1.82) is 0 Å². The number of halogens is 1. The van der Waals surface area contributed by atoms with E-state index >= 15 is 0 Å². The third-order valence-corrected chi connectivity index (χ3v) is 6.89. The molecule has 5 rings (SSSR count). The monoisotopic (exact) mass is 497 g/mol. The standard InChI is InChI=1S/C23H24BrN5O3/c24-17-10-25-21-19(20(17)29-8-4-7-14(12-29)27-23(31)32)18(11-26-21)28-22(30)16-9-15(16)13-5-2-1-3-6-13/h1-3,5-6,10-11,14-16,27H,4,7-9,12H2,(H,25,26)(H,28,30)(H,31,32)/t14-,15+,16-/m1/s1. The Balaban J connectivity index is 1.40. The van der Waals surface area contributed by atoms with Gasteiger partial charge in [0.15, 0.2) is 0 Å². The van der Waals surface area contributed by atoms with Crippen LogP contribution in [-0.2, 0) is 4.79 Å². The van der Waals surface area contributed by atoms with Crippen LogP contribution in [0.25, 0.3) is 11.0 Å². The number of carbonyl (C=O) groups is 2. The molecule has 0 unspecified atom stereocenters. The van der Waals surface area contributed by atoms with E-state index in [1.54, 1.807) is 12.4 Å². The molecule has 2 fully saturated rings. The lowest BCUT2D eigenvalue weighted by atomic mass is 10.0. The summed E-state index contributed by atoms with van der Waals surface area (Å²) in [5.41, 5.74) is 3.49. The van der Waals surface area contributed by atoms with Gasteiger partial charge in [-0.05, 0) is 46.7 Å². The maximum Gasteiger partial charge on any atom is 0.404 e. The number of hydrogen-bond acceptors (Lipinski definition) is 4. The van der Waals surface area contributed by atoms with E-state index in [2.05, 4.69) is 53.6 Å². The fourth-order valence-corrected chi connectivity index (χ4v) is 5.27. The van der Waals surface area contributed by atoms with Crippen LogP contribution in [0.2, 0.25) is 0 Å². The van der Waals surface area contributed by atoms with Crippen molar-refractivity contribution in [3.8, 4) is 0 Å². The number of carboxylic acid groups (broad SMARTS) is 1. The number of hydrogen-bond donors (Lipinski definition) is 4. The van der Waals surface area contributed by atoms with Gasteiger partial charge in [-0.25, -0.2) is 9.78 Å². The van der Waals surface area contributed by atoms with Crippen molar-refractivity contribution < 1.29 is 14.7 Å². The molecule has 2 amide bonds. The fourth-order valence-electron chi connectivity index (χ4n) is 4.71. The van der Waals surface area contributed by atoms with Gasteiger partial charge in [-0.2, -0.15) is 0 Å². The van der Waals surface area contributed by atoms with Crippen LogP contribution in [0.4, 0.5) is 16.2 Å². The summed E-state index contributed by atoms with van der Waals surface area (Å²) in [4.78, 5) is 33.9. The molecule has 3 heterocycles. The molecule has 1 aliphatic carbocycles. The number of benzene rings is 1. The second kappa shape index (κ2) is 8.46. The van der Waals surface area contributed by atoms with Gasteiger partial charge in [0.2, 0.25) is 5.91 Å². The lowest BCUT2D eigenvalue weighted by Gasteiger charge is -2.35. The number of rotatable bonds is 5. The number of amides is 2. The van der Waals surface area contributed by atoms with Gasteiger partial charge in [-0.3, -0.25) is 4.79 Å². The summed E-state index contributed by atoms with van der Waals surface area (Å²) in [6, 6.07) is 9.98. The van der Waals surface area contributed by atoms with Crippen LogP contribution in [0.3, 0.4) is 0 Å². The minimum absolute atomic E-state index is 0.00902. The summed E-state index contributed by atoms with van der Waals surface area (Å²) in [5.74, 6) is 0.232. The van der Waals surface area contributed by atoms with Crippen molar-refractivity contribution in [2.45, 2.75) is 31.2 Å². The summed E-state index contributed by atoms with van der Waals surface area (Å²) >= 11 is 3.62. The number of carbonyl (C=O) groups excluding carboxylic acids is 1. The highest BCUT2D eigenvalue weighted by molar-refractivity contribution is 9.10. The Morgan fingerprint density at radius 3 is 2.84 bits per heavy atom. The molecular weight excluding hydrogens is 474 g/mol. The number of pyridine rings is 1. The van der Waals surface area contributed by atoms with Crippen LogP contribution >= 0.6 is 15.9 Å². The predicted octanol–water partition coefficient (Wildman–Crippen LogP) is 4.30. The van der Waals surface area contributed by atoms with Crippen LogP contribution in [-0.4, -0.2) is 46.2 Å². The third-order valence-electron chi connectivity index (χ3n) is 6.31. The lowest BCUT2D eigenvalue weighted by Crippen LogP contribution is -2.47. The SMILES string of the molecule is O=C(O)N[C@@H]1CCCN(c2c(Br)cnc3[nH]cc(NC(=O)[C@@H]4C[C@H]4c4ccccc4)c23)C1. The molecule has 0 spiro atoms. The average Bonchev–Trinajstić information content (AvgIpc) is 3.50. The highest BCUT2D eigenvalue weighted by Crippen LogP contribution is 2.48. The molecule has 9 heteroatoms. The van der Waals surface area contributed by atoms with Crippen LogP contribution < -0.4 is 15.5 Å². The Morgan fingerprint density at radius 1 is 1.25 bits per heavy atom. The molecule has 1 aromatic carbocycles. The second-order valence-corrected chi connectivity index (χ2v) is 9.32. The Kier molecular flexibility index (Phi) is 5.50. The smallest absolute Gasteiger partial charge is 0.404 e. The molecule has 2 aliphatic rings. The summed E-state index contributed by atoms with van der Waals surface area (Å²) in [5, 5.41) is 15.7. The number of piperidine rings is 1. The highest BCUT2D eigenvalue weighted by atomic mass is 79.9. The first kappa shape index (κ1) is 20.8. The first-order valence-corrected chi connectivity index (χ1v) is 11.6. The van der Waals surface area contributed by atoms with Crippen LogP contribution in [0.5, 0.6) is 0 Å². The Labute approximate surface area is 193 Å². The summed E-state index contributed by atoms with van der Waals surface area (Å²) in [7, 11) is 0. The molecule has 0 radical (unpaired) electrons. The zero-order chi connectivity index (χ0) is 22.2. The quantitative estimate of drug-likeness (QED) is 0.419. The molecule has 3 atom stereocenters. The van der Waals surface area contributed by atoms with Gasteiger partial charge in [0.05, 0.1) is 21.2 Å². The molecule has 1 saturated heterocycles. The molecule has 0 bridgehead atoms. The Morgan fingerprint density at radius 2 is 2.06 bits per heavy atom. The van der Waals surface area contributed by atoms with Crippen LogP contribution in [0.15, 0.2) is 47.2 Å². The van der Waals surface area contributed by atoms with E-state index in [9.17, 15) is 9.59 Å². The van der Waals surface area contributed by atoms with Gasteiger partial charge in [-0.15, -0.1) is 0 Å². The molecule has 4 N–H and O–H groups in total. The number of aromatic amines is 1. The zero-order valence-corrected chi connectivity index (χ0v) is 18.9. The van der Waals surface area contributed by atoms with E-state index in [1.165, 1.54) is 5.56 Å². The van der Waals surface area contributed by atoms with Gasteiger partial charge in [0.1, 0.15) is 5.65 Å². The number of anilines is 2. The van der Waals surface area contributed by atoms with Crippen LogP contribution in [0, 0.1) is 5.92 Å². The molecule has 1 saturated carbocycles. The molecule has 32 heavy (non-hydrogen) atoms. The lowest BCUT2D eigenvalue weighted by molar-refractivity contribution is -0.117. The van der Waals surface area contributed by atoms with Crippen molar-refractivity contribution in [2.75, 3.05) is 23.3 Å². The number of nitrogens with one attached hydrogen (secondary N) is 3. The first-order valence-electron chi connectivity index (χ1n) is 10.8. The van der Waals surface area contributed by atoms with E-state index in [4.69, 9.17) is 5.11 Å². The number of H-pyrrole nitrogens is 1. The molecule has 2 aromatic heterocycles. The first-order chi connectivity index (χ1) is 15.5. The van der Waals surface area contributed by atoms with Gasteiger partial charge >= 0.3 is 6.09 Å². The van der Waals surface area contributed by atoms with E-state index in [0.717, 1.165) is 41.4 Å². The number of fused-ring (bicyclic) bond motifs is 1. The highest BCUT2D eigenvalue weighted by Gasteiger charge is 2.44. The van der Waals surface area contributed by atoms with Crippen LogP contribution in [0.1, 0.15) is 30.7 Å². The fraction of sp³-hybridized carbons (Fsp3) is 0.348. The maximum absolute atomic E-state index is 13.0. The summed E-state index contributed by atoms with van der Waals surface area (Å²) < 4.78 is 0.810. The molecular formula is C23H24BrN5O3. The van der Waals surface area contributed by atoms with E-state index in [0.29, 0.717) is 17.9 Å². The van der Waals surface area contributed by atoms with Crippen molar-refractivity contribution in [3.63, 3.8) is 0 Å². The van der Waals surface area contributed by atoms with E-state index in [-0.39, 0.29) is 23.8 Å².